The van der Waals surface area contributed by atoms with Crippen LogP contribution in [0.4, 0.5) is 0 Å². The van der Waals surface area contributed by atoms with Gasteiger partial charge in [-0.15, -0.1) is 0 Å². The molecular formula is C21H21NO4. The van der Waals surface area contributed by atoms with Crippen LogP contribution in [0.1, 0.15) is 28.3 Å². The molecular weight excluding hydrogens is 330 g/mol. The van der Waals surface area contributed by atoms with Crippen LogP contribution in [0.15, 0.2) is 24.3 Å². The van der Waals surface area contributed by atoms with Gasteiger partial charge in [0, 0.05) is 12.1 Å². The molecule has 1 aliphatic carbocycles. The van der Waals surface area contributed by atoms with Crippen molar-refractivity contribution in [3.63, 3.8) is 0 Å². The second kappa shape index (κ2) is 5.68. The zero-order chi connectivity index (χ0) is 17.8. The van der Waals surface area contributed by atoms with Crippen molar-refractivity contribution < 1.29 is 18.9 Å². The van der Waals surface area contributed by atoms with Crippen molar-refractivity contribution in [3.8, 4) is 23.0 Å². The molecule has 0 N–H and O–H groups in total. The number of likely N-dealkylation sites (N-methyl/N-ethyl adjacent to an activating group) is 1. The van der Waals surface area contributed by atoms with Crippen molar-refractivity contribution >= 4 is 11.6 Å². The summed E-state index contributed by atoms with van der Waals surface area (Å²) in [7, 11) is 5.54. The van der Waals surface area contributed by atoms with Crippen molar-refractivity contribution in [3.05, 3.63) is 46.5 Å². The first-order valence-electron chi connectivity index (χ1n) is 8.81. The predicted molar refractivity (Wildman–Crippen MR) is 99.1 cm³/mol. The fourth-order valence-electron chi connectivity index (χ4n) is 4.32. The summed E-state index contributed by atoms with van der Waals surface area (Å²) in [5.41, 5.74) is 6.19. The van der Waals surface area contributed by atoms with Gasteiger partial charge in [-0.2, -0.15) is 0 Å². The molecule has 0 saturated carbocycles. The molecule has 0 aromatic heterocycles. The minimum absolute atomic E-state index is 0.207. The maximum absolute atomic E-state index is 5.75. The first kappa shape index (κ1) is 15.6. The van der Waals surface area contributed by atoms with E-state index >= 15 is 0 Å². The average Bonchev–Trinajstić information content (AvgIpc) is 3.26. The van der Waals surface area contributed by atoms with Gasteiger partial charge in [-0.3, -0.25) is 4.90 Å². The molecule has 1 unspecified atom stereocenters. The molecule has 2 heterocycles. The summed E-state index contributed by atoms with van der Waals surface area (Å²) in [6.45, 7) is 1.26. The van der Waals surface area contributed by atoms with Crippen molar-refractivity contribution in [1.29, 1.82) is 0 Å². The van der Waals surface area contributed by atoms with Crippen LogP contribution in [0.5, 0.6) is 23.0 Å². The van der Waals surface area contributed by atoms with E-state index in [1.807, 2.05) is 6.07 Å². The molecule has 1 atom stereocenters. The van der Waals surface area contributed by atoms with Crippen molar-refractivity contribution in [2.24, 2.45) is 0 Å². The Morgan fingerprint density at radius 2 is 1.88 bits per heavy atom. The van der Waals surface area contributed by atoms with E-state index in [2.05, 4.69) is 36.2 Å². The highest BCUT2D eigenvalue weighted by Gasteiger charge is 2.36. The van der Waals surface area contributed by atoms with Crippen LogP contribution in [0.3, 0.4) is 0 Å². The minimum atomic E-state index is 0.207. The first-order valence-corrected chi connectivity index (χ1v) is 8.81. The molecule has 5 rings (SSSR count). The molecule has 0 fully saturated rings. The number of fused-ring (bicyclic) bond motifs is 7. The van der Waals surface area contributed by atoms with Gasteiger partial charge < -0.3 is 18.9 Å². The third-order valence-electron chi connectivity index (χ3n) is 5.60. The summed E-state index contributed by atoms with van der Waals surface area (Å²) < 4.78 is 22.4. The number of rotatable bonds is 2. The molecule has 0 radical (unpaired) electrons. The zero-order valence-corrected chi connectivity index (χ0v) is 15.2. The van der Waals surface area contributed by atoms with Gasteiger partial charge in [-0.25, -0.2) is 0 Å². The van der Waals surface area contributed by atoms with Crippen LogP contribution >= 0.6 is 0 Å². The Kier molecular flexibility index (Phi) is 3.40. The molecule has 3 aliphatic rings. The highest BCUT2D eigenvalue weighted by atomic mass is 16.7. The Balaban J connectivity index is 1.73. The van der Waals surface area contributed by atoms with Gasteiger partial charge in [0.05, 0.1) is 20.3 Å². The number of ether oxygens (including phenoxy) is 4. The Hall–Kier alpha value is -2.66. The lowest BCUT2D eigenvalue weighted by Crippen LogP contribution is -2.24. The Labute approximate surface area is 152 Å². The number of nitrogens with zero attached hydrogens (tertiary/aromatic N) is 1. The number of benzene rings is 2. The van der Waals surface area contributed by atoms with Gasteiger partial charge in [0.25, 0.3) is 0 Å². The second-order valence-electron chi connectivity index (χ2n) is 6.90. The van der Waals surface area contributed by atoms with E-state index in [-0.39, 0.29) is 12.8 Å². The molecule has 0 bridgehead atoms. The van der Waals surface area contributed by atoms with Crippen LogP contribution in [0.25, 0.3) is 11.6 Å². The monoisotopic (exact) mass is 351 g/mol. The highest BCUT2D eigenvalue weighted by Crippen LogP contribution is 2.52. The molecule has 2 aliphatic heterocycles. The predicted octanol–water partition coefficient (Wildman–Crippen LogP) is 3.52. The van der Waals surface area contributed by atoms with Gasteiger partial charge in [0.2, 0.25) is 6.79 Å². The Morgan fingerprint density at radius 1 is 1.08 bits per heavy atom. The number of methoxy groups -OCH3 is 2. The maximum atomic E-state index is 5.75. The minimum Gasteiger partial charge on any atom is -0.493 e. The quantitative estimate of drug-likeness (QED) is 0.828. The molecule has 2 aromatic rings. The summed E-state index contributed by atoms with van der Waals surface area (Å²) in [5.74, 6) is 3.23. The van der Waals surface area contributed by atoms with Crippen LogP contribution in [-0.4, -0.2) is 39.5 Å². The number of hydrogen-bond donors (Lipinski definition) is 0. The Morgan fingerprint density at radius 3 is 2.69 bits per heavy atom. The van der Waals surface area contributed by atoms with Crippen molar-refractivity contribution in [1.82, 2.24) is 4.90 Å². The first-order chi connectivity index (χ1) is 12.7. The van der Waals surface area contributed by atoms with Gasteiger partial charge in [-0.05, 0) is 60.0 Å². The molecule has 134 valence electrons. The van der Waals surface area contributed by atoms with Gasteiger partial charge in [0.15, 0.2) is 23.0 Å². The fraction of sp³-hybridized carbons (Fsp3) is 0.333. The van der Waals surface area contributed by atoms with Gasteiger partial charge >= 0.3 is 0 Å². The summed E-state index contributed by atoms with van der Waals surface area (Å²) >= 11 is 0. The summed E-state index contributed by atoms with van der Waals surface area (Å²) in [6.07, 6.45) is 3.22. The molecule has 0 amide bonds. The van der Waals surface area contributed by atoms with E-state index < -0.39 is 0 Å². The average molecular weight is 351 g/mol. The van der Waals surface area contributed by atoms with Gasteiger partial charge in [-0.1, -0.05) is 6.07 Å². The topological polar surface area (TPSA) is 40.2 Å². The van der Waals surface area contributed by atoms with E-state index in [0.717, 1.165) is 41.5 Å². The van der Waals surface area contributed by atoms with E-state index in [1.54, 1.807) is 14.2 Å². The van der Waals surface area contributed by atoms with Crippen LogP contribution < -0.4 is 18.9 Å². The standard InChI is InChI=1S/C21H21NO4/c1-22-7-6-12-8-18(23-2)19(24-3)10-14(12)15-9-16-13(20(15)22)4-5-17-21(16)26-11-25-17/h4-5,8-10,20H,6-7,11H2,1-3H3. The van der Waals surface area contributed by atoms with E-state index in [4.69, 9.17) is 18.9 Å². The summed E-state index contributed by atoms with van der Waals surface area (Å²) in [6, 6.07) is 8.61. The largest absolute Gasteiger partial charge is 0.493 e. The van der Waals surface area contributed by atoms with E-state index in [1.165, 1.54) is 22.3 Å². The normalized spacial score (nSPS) is 20.0. The molecule has 5 nitrogen and oxygen atoms in total. The van der Waals surface area contributed by atoms with Crippen LogP contribution in [-0.2, 0) is 6.42 Å². The lowest BCUT2D eigenvalue weighted by molar-refractivity contribution is 0.173. The summed E-state index contributed by atoms with van der Waals surface area (Å²) in [4.78, 5) is 2.40. The molecule has 2 aromatic carbocycles. The lowest BCUT2D eigenvalue weighted by atomic mass is 9.94. The number of hydrogen-bond acceptors (Lipinski definition) is 5. The molecule has 5 heteroatoms. The van der Waals surface area contributed by atoms with E-state index in [0.29, 0.717) is 0 Å². The third kappa shape index (κ3) is 2.07. The Bertz CT molecular complexity index is 934. The lowest BCUT2D eigenvalue weighted by Gasteiger charge is -2.25. The molecule has 0 saturated heterocycles. The van der Waals surface area contributed by atoms with Crippen molar-refractivity contribution in [2.75, 3.05) is 34.6 Å². The smallest absolute Gasteiger partial charge is 0.231 e. The van der Waals surface area contributed by atoms with Crippen molar-refractivity contribution in [2.45, 2.75) is 12.5 Å². The summed E-state index contributed by atoms with van der Waals surface area (Å²) in [5, 5.41) is 0. The highest BCUT2D eigenvalue weighted by molar-refractivity contribution is 5.95. The van der Waals surface area contributed by atoms with E-state index in [9.17, 15) is 0 Å². The second-order valence-corrected chi connectivity index (χ2v) is 6.90. The fourth-order valence-corrected chi connectivity index (χ4v) is 4.32. The third-order valence-corrected chi connectivity index (χ3v) is 5.60. The van der Waals surface area contributed by atoms with Crippen LogP contribution in [0.2, 0.25) is 0 Å². The zero-order valence-electron chi connectivity index (χ0n) is 15.2. The molecule has 26 heavy (non-hydrogen) atoms. The maximum Gasteiger partial charge on any atom is 0.231 e. The van der Waals surface area contributed by atoms with Crippen LogP contribution in [0, 0.1) is 0 Å². The SMILES string of the molecule is COc1cc2c(cc1OC)C1=Cc3c(ccc4c3OCO4)C1N(C)CC2. The van der Waals surface area contributed by atoms with Gasteiger partial charge in [0.1, 0.15) is 0 Å². The molecule has 0 spiro atoms.